The lowest BCUT2D eigenvalue weighted by atomic mass is 9.76. The van der Waals surface area contributed by atoms with Crippen LogP contribution >= 0.6 is 0 Å². The first-order valence-electron chi connectivity index (χ1n) is 10.2. The van der Waals surface area contributed by atoms with Crippen molar-refractivity contribution < 1.29 is 9.31 Å². The van der Waals surface area contributed by atoms with Crippen LogP contribution < -0.4 is 5.46 Å². The van der Waals surface area contributed by atoms with Gasteiger partial charge in [0.05, 0.1) is 29.4 Å². The average Bonchev–Trinajstić information content (AvgIpc) is 3.00. The molecule has 1 fully saturated rings. The summed E-state index contributed by atoms with van der Waals surface area (Å²) in [6.07, 6.45) is 0. The van der Waals surface area contributed by atoms with E-state index < -0.39 is 18.3 Å². The Bertz CT molecular complexity index is 1110. The predicted molar refractivity (Wildman–Crippen MR) is 124 cm³/mol. The molecule has 0 radical (unpaired) electrons. The summed E-state index contributed by atoms with van der Waals surface area (Å²) in [5.41, 5.74) is 5.36. The summed E-state index contributed by atoms with van der Waals surface area (Å²) in [6, 6.07) is 23.6. The molecule has 0 saturated carbocycles. The molecule has 0 bridgehead atoms. The molecule has 0 spiro atoms. The van der Waals surface area contributed by atoms with Gasteiger partial charge in [0.25, 0.3) is 0 Å². The van der Waals surface area contributed by atoms with E-state index in [1.807, 2.05) is 76.2 Å². The van der Waals surface area contributed by atoms with Crippen LogP contribution in [-0.4, -0.2) is 18.3 Å². The van der Waals surface area contributed by atoms with Crippen LogP contribution in [0.3, 0.4) is 0 Å². The van der Waals surface area contributed by atoms with Crippen molar-refractivity contribution in [3.05, 3.63) is 83.7 Å². The Labute approximate surface area is 184 Å². The topological polar surface area (TPSA) is 46.6 Å². The van der Waals surface area contributed by atoms with E-state index in [2.05, 4.69) is 29.1 Å². The Morgan fingerprint density at radius 2 is 1.26 bits per heavy atom. The van der Waals surface area contributed by atoms with Crippen molar-refractivity contribution in [2.24, 2.45) is 0 Å². The molecular formula is C26H23BN2O2. The van der Waals surface area contributed by atoms with Gasteiger partial charge in [0.15, 0.2) is 5.69 Å². The molecule has 4 rings (SSSR count). The Morgan fingerprint density at radius 1 is 0.774 bits per heavy atom. The van der Waals surface area contributed by atoms with Crippen molar-refractivity contribution in [1.29, 1.82) is 5.26 Å². The quantitative estimate of drug-likeness (QED) is 0.412. The molecule has 31 heavy (non-hydrogen) atoms. The van der Waals surface area contributed by atoms with E-state index in [0.29, 0.717) is 11.3 Å². The average molecular weight is 406 g/mol. The first kappa shape index (κ1) is 20.9. The molecule has 0 atom stereocenters. The molecule has 1 aliphatic rings. The minimum atomic E-state index is -0.482. The van der Waals surface area contributed by atoms with E-state index in [9.17, 15) is 0 Å². The van der Waals surface area contributed by atoms with Gasteiger partial charge in [0.2, 0.25) is 0 Å². The minimum absolute atomic E-state index is 0.431. The maximum atomic E-state index is 9.12. The lowest BCUT2D eigenvalue weighted by Crippen LogP contribution is -2.41. The number of rotatable bonds is 3. The second-order valence-electron chi connectivity index (χ2n) is 8.78. The lowest BCUT2D eigenvalue weighted by molar-refractivity contribution is 0.00578. The summed E-state index contributed by atoms with van der Waals surface area (Å²) in [4.78, 5) is 3.48. The van der Waals surface area contributed by atoms with Gasteiger partial charge in [-0.2, -0.15) is 5.26 Å². The van der Waals surface area contributed by atoms with Crippen LogP contribution in [0.2, 0.25) is 0 Å². The maximum absolute atomic E-state index is 9.12. The van der Waals surface area contributed by atoms with E-state index in [0.717, 1.165) is 27.7 Å². The number of hydrogen-bond acceptors (Lipinski definition) is 3. The standard InChI is InChI=1S/C26H23BN2O2/c1-25(2)26(3,4)31-27(30-25)23-15-21(19-8-6-18(17-28)7-9-19)14-22(16-23)20-10-12-24(29-5)13-11-20/h6-16H,1-4H3. The van der Waals surface area contributed by atoms with Crippen molar-refractivity contribution in [2.45, 2.75) is 38.9 Å². The minimum Gasteiger partial charge on any atom is -0.399 e. The van der Waals surface area contributed by atoms with Gasteiger partial charge in [-0.15, -0.1) is 0 Å². The van der Waals surface area contributed by atoms with E-state index in [1.54, 1.807) is 0 Å². The zero-order valence-electron chi connectivity index (χ0n) is 18.1. The van der Waals surface area contributed by atoms with Crippen molar-refractivity contribution >= 4 is 18.3 Å². The maximum Gasteiger partial charge on any atom is 0.494 e. The van der Waals surface area contributed by atoms with Crippen LogP contribution in [0.25, 0.3) is 27.1 Å². The summed E-state index contributed by atoms with van der Waals surface area (Å²) < 4.78 is 12.6. The third-order valence-electron chi connectivity index (χ3n) is 6.16. The van der Waals surface area contributed by atoms with Gasteiger partial charge < -0.3 is 9.31 Å². The molecule has 5 heteroatoms. The number of nitrogens with zero attached hydrogens (tertiary/aromatic N) is 2. The Hall–Kier alpha value is -3.38. The molecule has 152 valence electrons. The van der Waals surface area contributed by atoms with E-state index in [1.165, 1.54) is 0 Å². The van der Waals surface area contributed by atoms with Gasteiger partial charge in [0, 0.05) is 0 Å². The highest BCUT2D eigenvalue weighted by Gasteiger charge is 2.51. The Kier molecular flexibility index (Phi) is 5.19. The molecule has 0 amide bonds. The highest BCUT2D eigenvalue weighted by Crippen LogP contribution is 2.37. The zero-order valence-corrected chi connectivity index (χ0v) is 18.1. The zero-order chi connectivity index (χ0) is 22.2. The first-order chi connectivity index (χ1) is 14.7. The fourth-order valence-corrected chi connectivity index (χ4v) is 3.57. The van der Waals surface area contributed by atoms with Gasteiger partial charge in [-0.1, -0.05) is 48.5 Å². The van der Waals surface area contributed by atoms with E-state index in [4.69, 9.17) is 21.1 Å². The van der Waals surface area contributed by atoms with Crippen molar-refractivity contribution in [2.75, 3.05) is 0 Å². The molecule has 4 nitrogen and oxygen atoms in total. The molecule has 0 aromatic heterocycles. The smallest absolute Gasteiger partial charge is 0.399 e. The highest BCUT2D eigenvalue weighted by molar-refractivity contribution is 6.62. The van der Waals surface area contributed by atoms with Gasteiger partial charge in [-0.25, -0.2) is 4.85 Å². The molecule has 3 aromatic rings. The normalized spacial score (nSPS) is 16.5. The second-order valence-corrected chi connectivity index (χ2v) is 8.78. The summed E-state index contributed by atoms with van der Waals surface area (Å²) in [5.74, 6) is 0. The lowest BCUT2D eigenvalue weighted by Gasteiger charge is -2.32. The highest BCUT2D eigenvalue weighted by atomic mass is 16.7. The van der Waals surface area contributed by atoms with Crippen LogP contribution in [-0.2, 0) is 9.31 Å². The first-order valence-corrected chi connectivity index (χ1v) is 10.2. The summed E-state index contributed by atoms with van der Waals surface area (Å²) in [7, 11) is -0.482. The monoisotopic (exact) mass is 406 g/mol. The van der Waals surface area contributed by atoms with Gasteiger partial charge in [-0.05, 0) is 73.6 Å². The number of nitriles is 1. The fraction of sp³-hybridized carbons (Fsp3) is 0.231. The Balaban J connectivity index is 1.82. The molecule has 0 aliphatic carbocycles. The van der Waals surface area contributed by atoms with Crippen LogP contribution in [0.15, 0.2) is 66.7 Å². The molecule has 1 aliphatic heterocycles. The largest absolute Gasteiger partial charge is 0.494 e. The summed E-state index contributed by atoms with van der Waals surface area (Å²) in [6.45, 7) is 15.4. The summed E-state index contributed by atoms with van der Waals surface area (Å²) in [5, 5.41) is 9.12. The molecule has 1 saturated heterocycles. The van der Waals surface area contributed by atoms with E-state index in [-0.39, 0.29) is 0 Å². The molecule has 1 heterocycles. The third kappa shape index (κ3) is 3.99. The second kappa shape index (κ2) is 7.71. The van der Waals surface area contributed by atoms with Crippen LogP contribution in [0, 0.1) is 17.9 Å². The number of hydrogen-bond donors (Lipinski definition) is 0. The number of benzene rings is 3. The van der Waals surface area contributed by atoms with Crippen LogP contribution in [0.4, 0.5) is 5.69 Å². The van der Waals surface area contributed by atoms with Gasteiger partial charge in [-0.3, -0.25) is 0 Å². The Morgan fingerprint density at radius 3 is 1.71 bits per heavy atom. The van der Waals surface area contributed by atoms with E-state index >= 15 is 0 Å². The molecule has 0 unspecified atom stereocenters. The molecule has 3 aromatic carbocycles. The molecular weight excluding hydrogens is 383 g/mol. The van der Waals surface area contributed by atoms with Crippen LogP contribution in [0.1, 0.15) is 33.3 Å². The predicted octanol–water partition coefficient (Wildman–Crippen LogP) is 5.74. The van der Waals surface area contributed by atoms with Gasteiger partial charge in [0.1, 0.15) is 0 Å². The molecule has 0 N–H and O–H groups in total. The summed E-state index contributed by atoms with van der Waals surface area (Å²) >= 11 is 0. The van der Waals surface area contributed by atoms with Crippen molar-refractivity contribution in [3.8, 4) is 28.3 Å². The third-order valence-corrected chi connectivity index (χ3v) is 6.16. The van der Waals surface area contributed by atoms with Crippen molar-refractivity contribution in [1.82, 2.24) is 0 Å². The van der Waals surface area contributed by atoms with Crippen LogP contribution in [0.5, 0.6) is 0 Å². The van der Waals surface area contributed by atoms with Crippen molar-refractivity contribution in [3.63, 3.8) is 0 Å². The SMILES string of the molecule is [C-]#[N+]c1ccc(-c2cc(B3OC(C)(C)C(C)(C)O3)cc(-c3ccc(C#N)cc3)c2)cc1. The fourth-order valence-electron chi connectivity index (χ4n) is 3.57. The van der Waals surface area contributed by atoms with Gasteiger partial charge >= 0.3 is 7.12 Å².